The number of hydrogen-bond acceptors (Lipinski definition) is 0. The molecule has 0 N–H and O–H groups in total. The van der Waals surface area contributed by atoms with Crippen molar-refractivity contribution in [2.45, 2.75) is 81.6 Å². The van der Waals surface area contributed by atoms with Crippen LogP contribution < -0.4 is 0 Å². The summed E-state index contributed by atoms with van der Waals surface area (Å²) in [6.07, 6.45) is 4.11. The molecule has 0 nitrogen and oxygen atoms in total. The van der Waals surface area contributed by atoms with Crippen molar-refractivity contribution in [1.82, 2.24) is 0 Å². The molecule has 0 saturated carbocycles. The Morgan fingerprint density at radius 3 is 1.53 bits per heavy atom. The van der Waals surface area contributed by atoms with Gasteiger partial charge < -0.3 is 0 Å². The second kappa shape index (κ2) is 6.25. The topological polar surface area (TPSA) is 0 Å². The highest BCUT2D eigenvalue weighted by Gasteiger charge is 2.23. The molecule has 0 bridgehead atoms. The first kappa shape index (κ1) is 17.0. The third-order valence-electron chi connectivity index (χ3n) is 4.00. The summed E-state index contributed by atoms with van der Waals surface area (Å²) < 4.78 is 0. The summed E-state index contributed by atoms with van der Waals surface area (Å²) in [6.45, 7) is 21.4. The first-order chi connectivity index (χ1) is 7.42. The van der Waals surface area contributed by atoms with Crippen LogP contribution in [0.5, 0.6) is 0 Å². The first-order valence-corrected chi connectivity index (χ1v) is 7.42. The Kier molecular flexibility index (Phi) is 6.25. The van der Waals surface area contributed by atoms with Crippen molar-refractivity contribution in [1.29, 1.82) is 0 Å². The van der Waals surface area contributed by atoms with Crippen molar-refractivity contribution < 1.29 is 0 Å². The van der Waals surface area contributed by atoms with E-state index in [2.05, 4.69) is 62.3 Å². The van der Waals surface area contributed by atoms with Gasteiger partial charge >= 0.3 is 0 Å². The molecule has 0 aliphatic heterocycles. The number of rotatable bonds is 5. The van der Waals surface area contributed by atoms with Crippen LogP contribution >= 0.6 is 0 Å². The van der Waals surface area contributed by atoms with Crippen LogP contribution in [0.15, 0.2) is 0 Å². The molecule has 0 aliphatic carbocycles. The van der Waals surface area contributed by atoms with E-state index in [0.717, 1.165) is 17.8 Å². The highest BCUT2D eigenvalue weighted by molar-refractivity contribution is 4.74. The molecule has 17 heavy (non-hydrogen) atoms. The Morgan fingerprint density at radius 1 is 0.706 bits per heavy atom. The van der Waals surface area contributed by atoms with Crippen LogP contribution in [-0.4, -0.2) is 0 Å². The Balaban J connectivity index is 4.06. The average molecular weight is 240 g/mol. The van der Waals surface area contributed by atoms with Gasteiger partial charge in [-0.1, -0.05) is 62.3 Å². The van der Waals surface area contributed by atoms with Gasteiger partial charge in [0, 0.05) is 0 Å². The maximum atomic E-state index is 2.43. The van der Waals surface area contributed by atoms with E-state index in [4.69, 9.17) is 0 Å². The molecule has 0 amide bonds. The second-order valence-corrected chi connectivity index (χ2v) is 8.71. The maximum Gasteiger partial charge on any atom is -0.0357 e. The fourth-order valence-electron chi connectivity index (χ4n) is 2.87. The fourth-order valence-corrected chi connectivity index (χ4v) is 2.87. The van der Waals surface area contributed by atoms with E-state index >= 15 is 0 Å². The highest BCUT2D eigenvalue weighted by Crippen LogP contribution is 2.34. The molecule has 0 fully saturated rings. The normalized spacial score (nSPS) is 18.9. The molecular formula is C17H36. The van der Waals surface area contributed by atoms with E-state index in [1.807, 2.05) is 0 Å². The van der Waals surface area contributed by atoms with Gasteiger partial charge in [0.05, 0.1) is 0 Å². The van der Waals surface area contributed by atoms with E-state index < -0.39 is 0 Å². The molecule has 0 saturated heterocycles. The smallest absolute Gasteiger partial charge is 0.0357 e. The largest absolute Gasteiger partial charge is 0.0625 e. The molecule has 0 aliphatic rings. The molecule has 0 heterocycles. The minimum absolute atomic E-state index is 0.460. The lowest BCUT2D eigenvalue weighted by Crippen LogP contribution is -2.21. The van der Waals surface area contributed by atoms with Crippen molar-refractivity contribution >= 4 is 0 Å². The summed E-state index contributed by atoms with van der Waals surface area (Å²) >= 11 is 0. The van der Waals surface area contributed by atoms with Crippen LogP contribution in [0.4, 0.5) is 0 Å². The lowest BCUT2D eigenvalue weighted by molar-refractivity contribution is 0.196. The van der Waals surface area contributed by atoms with E-state index in [-0.39, 0.29) is 0 Å². The van der Waals surface area contributed by atoms with Crippen LogP contribution in [0.3, 0.4) is 0 Å². The molecule has 0 spiro atoms. The molecule has 0 aromatic heterocycles. The van der Waals surface area contributed by atoms with Crippen molar-refractivity contribution in [2.24, 2.45) is 28.6 Å². The molecule has 0 heteroatoms. The maximum absolute atomic E-state index is 2.43. The average Bonchev–Trinajstić information content (AvgIpc) is 1.96. The van der Waals surface area contributed by atoms with Crippen molar-refractivity contribution in [3.8, 4) is 0 Å². The summed E-state index contributed by atoms with van der Waals surface area (Å²) in [6, 6.07) is 0. The monoisotopic (exact) mass is 240 g/mol. The Bertz CT molecular complexity index is 201. The minimum Gasteiger partial charge on any atom is -0.0625 e. The van der Waals surface area contributed by atoms with Crippen LogP contribution in [0.2, 0.25) is 0 Å². The van der Waals surface area contributed by atoms with Gasteiger partial charge in [-0.15, -0.1) is 0 Å². The third-order valence-corrected chi connectivity index (χ3v) is 4.00. The van der Waals surface area contributed by atoms with Crippen LogP contribution in [0.25, 0.3) is 0 Å². The van der Waals surface area contributed by atoms with Crippen molar-refractivity contribution in [3.63, 3.8) is 0 Å². The van der Waals surface area contributed by atoms with Gasteiger partial charge in [0.1, 0.15) is 0 Å². The fraction of sp³-hybridized carbons (Fsp3) is 1.00. The zero-order chi connectivity index (χ0) is 13.9. The van der Waals surface area contributed by atoms with Gasteiger partial charge in [0.25, 0.3) is 0 Å². The van der Waals surface area contributed by atoms with Crippen LogP contribution in [0, 0.1) is 28.6 Å². The van der Waals surface area contributed by atoms with Gasteiger partial charge in [0.2, 0.25) is 0 Å². The quantitative estimate of drug-likeness (QED) is 0.540. The number of hydrogen-bond donors (Lipinski definition) is 0. The van der Waals surface area contributed by atoms with Crippen molar-refractivity contribution in [3.05, 3.63) is 0 Å². The summed E-state index contributed by atoms with van der Waals surface area (Å²) in [5.41, 5.74) is 0.941. The third kappa shape index (κ3) is 8.69. The minimum atomic E-state index is 0.460. The first-order valence-electron chi connectivity index (χ1n) is 7.42. The predicted octanol–water partition coefficient (Wildman–Crippen LogP) is 6.16. The van der Waals surface area contributed by atoms with Crippen molar-refractivity contribution in [2.75, 3.05) is 0 Å². The van der Waals surface area contributed by atoms with Crippen LogP contribution in [-0.2, 0) is 0 Å². The Morgan fingerprint density at radius 2 is 1.18 bits per heavy atom. The molecule has 3 unspecified atom stereocenters. The van der Waals surface area contributed by atoms with Gasteiger partial charge in [-0.25, -0.2) is 0 Å². The Hall–Kier alpha value is 0. The zero-order valence-electron chi connectivity index (χ0n) is 13.9. The lowest BCUT2D eigenvalue weighted by atomic mass is 9.74. The predicted molar refractivity (Wildman–Crippen MR) is 80.3 cm³/mol. The molecule has 0 aromatic rings. The summed E-state index contributed by atoms with van der Waals surface area (Å²) in [5, 5.41) is 0. The highest BCUT2D eigenvalue weighted by atomic mass is 14.3. The molecule has 0 rings (SSSR count). The standard InChI is InChI=1S/C17H36/c1-13(11-15(3)17(7,8)9)10-14(2)12-16(4,5)6/h13-15H,10-12H2,1-9H3. The van der Waals surface area contributed by atoms with Gasteiger partial charge in [0.15, 0.2) is 0 Å². The molecule has 3 atom stereocenters. The van der Waals surface area contributed by atoms with E-state index in [1.165, 1.54) is 19.3 Å². The van der Waals surface area contributed by atoms with Gasteiger partial charge in [-0.2, -0.15) is 0 Å². The summed E-state index contributed by atoms with van der Waals surface area (Å²) in [4.78, 5) is 0. The zero-order valence-corrected chi connectivity index (χ0v) is 13.9. The lowest BCUT2D eigenvalue weighted by Gasteiger charge is -2.31. The second-order valence-electron chi connectivity index (χ2n) is 8.71. The van der Waals surface area contributed by atoms with E-state index in [0.29, 0.717) is 10.8 Å². The van der Waals surface area contributed by atoms with Gasteiger partial charge in [-0.05, 0) is 47.8 Å². The van der Waals surface area contributed by atoms with E-state index in [9.17, 15) is 0 Å². The van der Waals surface area contributed by atoms with E-state index in [1.54, 1.807) is 0 Å². The molecule has 0 radical (unpaired) electrons. The summed E-state index contributed by atoms with van der Waals surface area (Å²) in [7, 11) is 0. The summed E-state index contributed by atoms with van der Waals surface area (Å²) in [5.74, 6) is 2.54. The Labute approximate surface area is 111 Å². The molecule has 104 valence electrons. The van der Waals surface area contributed by atoms with Gasteiger partial charge in [-0.3, -0.25) is 0 Å². The van der Waals surface area contributed by atoms with Crippen LogP contribution in [0.1, 0.15) is 81.6 Å². The SMILES string of the molecule is CC(CC(C)CC(C)(C)C)CC(C)C(C)(C)C. The molecular weight excluding hydrogens is 204 g/mol. The molecule has 0 aromatic carbocycles.